The maximum absolute atomic E-state index is 13.0. The predicted octanol–water partition coefficient (Wildman–Crippen LogP) is 4.37. The molecule has 0 unspecified atom stereocenters. The number of furan rings is 1. The Labute approximate surface area is 142 Å². The highest BCUT2D eigenvalue weighted by atomic mass is 16.5. The largest absolute Gasteiger partial charge is 0.496 e. The van der Waals surface area contributed by atoms with Gasteiger partial charge in [-0.15, -0.1) is 0 Å². The molecule has 1 aliphatic rings. The summed E-state index contributed by atoms with van der Waals surface area (Å²) in [7, 11) is 1.59. The Bertz CT molecular complexity index is 1210. The van der Waals surface area contributed by atoms with Crippen LogP contribution in [-0.2, 0) is 0 Å². The number of ether oxygens (including phenoxy) is 1. The second kappa shape index (κ2) is 4.80. The highest BCUT2D eigenvalue weighted by Crippen LogP contribution is 2.41. The lowest BCUT2D eigenvalue weighted by Crippen LogP contribution is -2.19. The minimum absolute atomic E-state index is 0.108. The Morgan fingerprint density at radius 2 is 1.44 bits per heavy atom. The van der Waals surface area contributed by atoms with Gasteiger partial charge in [-0.25, -0.2) is 0 Å². The van der Waals surface area contributed by atoms with Crippen molar-refractivity contribution >= 4 is 33.3 Å². The summed E-state index contributed by atoms with van der Waals surface area (Å²) in [5.41, 5.74) is 1.66. The third-order valence-corrected chi connectivity index (χ3v) is 4.73. The van der Waals surface area contributed by atoms with Crippen LogP contribution in [-0.4, -0.2) is 18.7 Å². The maximum atomic E-state index is 13.0. The van der Waals surface area contributed by atoms with Crippen LogP contribution in [0.1, 0.15) is 32.0 Å². The fourth-order valence-corrected chi connectivity index (χ4v) is 3.58. The number of hydrogen-bond donors (Lipinski definition) is 0. The van der Waals surface area contributed by atoms with Crippen molar-refractivity contribution in [2.45, 2.75) is 0 Å². The molecule has 0 spiro atoms. The predicted molar refractivity (Wildman–Crippen MR) is 93.6 cm³/mol. The summed E-state index contributed by atoms with van der Waals surface area (Å²) in [6, 6.07) is 16.2. The lowest BCUT2D eigenvalue weighted by atomic mass is 9.87. The van der Waals surface area contributed by atoms with E-state index in [0.29, 0.717) is 33.4 Å². The van der Waals surface area contributed by atoms with E-state index >= 15 is 0 Å². The summed E-state index contributed by atoms with van der Waals surface area (Å²) < 4.78 is 11.4. The molecule has 120 valence electrons. The van der Waals surface area contributed by atoms with Gasteiger partial charge >= 0.3 is 0 Å². The number of ketones is 2. The first kappa shape index (κ1) is 14.0. The van der Waals surface area contributed by atoms with Crippen LogP contribution in [0.15, 0.2) is 59.0 Å². The minimum atomic E-state index is -0.260. The Hall–Kier alpha value is -3.40. The van der Waals surface area contributed by atoms with E-state index in [9.17, 15) is 9.59 Å². The van der Waals surface area contributed by atoms with Gasteiger partial charge in [0.15, 0.2) is 11.5 Å². The van der Waals surface area contributed by atoms with Gasteiger partial charge in [-0.3, -0.25) is 9.59 Å². The molecule has 3 aromatic carbocycles. The van der Waals surface area contributed by atoms with E-state index in [1.54, 1.807) is 37.4 Å². The second-order valence-corrected chi connectivity index (χ2v) is 6.01. The van der Waals surface area contributed by atoms with Crippen LogP contribution < -0.4 is 4.74 Å². The van der Waals surface area contributed by atoms with Crippen LogP contribution in [0.2, 0.25) is 0 Å². The molecule has 25 heavy (non-hydrogen) atoms. The van der Waals surface area contributed by atoms with E-state index in [1.165, 1.54) is 0 Å². The van der Waals surface area contributed by atoms with Crippen molar-refractivity contribution in [3.8, 4) is 5.75 Å². The van der Waals surface area contributed by atoms with E-state index in [0.717, 1.165) is 10.8 Å². The molecule has 4 nitrogen and oxygen atoms in total. The van der Waals surface area contributed by atoms with Crippen LogP contribution >= 0.6 is 0 Å². The van der Waals surface area contributed by atoms with Crippen molar-refractivity contribution in [1.29, 1.82) is 0 Å². The number of hydrogen-bond acceptors (Lipinski definition) is 4. The van der Waals surface area contributed by atoms with Gasteiger partial charge in [0.2, 0.25) is 5.78 Å². The molecule has 4 aromatic rings. The van der Waals surface area contributed by atoms with E-state index in [1.807, 2.05) is 24.3 Å². The Morgan fingerprint density at radius 3 is 2.16 bits per heavy atom. The lowest BCUT2D eigenvalue weighted by Gasteiger charge is -2.12. The highest BCUT2D eigenvalue weighted by Gasteiger charge is 2.35. The standard InChI is InChI=1S/C21H12O4/c1-24-16-10-15-17-18(22)12-7-3-4-8-13(12)19(23)21(17)25-20(15)14-9-5-2-6-11(14)16/h2-10H,1H3. The number of fused-ring (bicyclic) bond motifs is 6. The van der Waals surface area contributed by atoms with Crippen LogP contribution in [0.3, 0.4) is 0 Å². The molecule has 0 saturated carbocycles. The van der Waals surface area contributed by atoms with Crippen LogP contribution in [0, 0.1) is 0 Å². The molecule has 0 bridgehead atoms. The van der Waals surface area contributed by atoms with Gasteiger partial charge in [0.25, 0.3) is 0 Å². The van der Waals surface area contributed by atoms with E-state index in [-0.39, 0.29) is 17.3 Å². The Morgan fingerprint density at radius 1 is 0.800 bits per heavy atom. The SMILES string of the molecule is COc1cc2c3c(oc2c2ccccc12)C(=O)c1ccccc1C3=O. The van der Waals surface area contributed by atoms with Crippen LogP contribution in [0.4, 0.5) is 0 Å². The smallest absolute Gasteiger partial charge is 0.229 e. The molecular weight excluding hydrogens is 316 g/mol. The van der Waals surface area contributed by atoms with Gasteiger partial charge in [0.1, 0.15) is 11.3 Å². The molecule has 0 radical (unpaired) electrons. The molecule has 1 aliphatic carbocycles. The summed E-state index contributed by atoms with van der Waals surface area (Å²) in [5.74, 6) is 0.300. The van der Waals surface area contributed by atoms with Crippen LogP contribution in [0.25, 0.3) is 21.7 Å². The fraction of sp³-hybridized carbons (Fsp3) is 0.0476. The molecule has 0 N–H and O–H groups in total. The number of rotatable bonds is 1. The molecule has 0 atom stereocenters. The van der Waals surface area contributed by atoms with Crippen molar-refractivity contribution in [1.82, 2.24) is 0 Å². The zero-order valence-corrected chi connectivity index (χ0v) is 13.3. The topological polar surface area (TPSA) is 56.5 Å². The minimum Gasteiger partial charge on any atom is -0.496 e. The third kappa shape index (κ3) is 1.71. The van der Waals surface area contributed by atoms with Crippen molar-refractivity contribution < 1.29 is 18.7 Å². The summed E-state index contributed by atoms with van der Waals surface area (Å²) in [6.07, 6.45) is 0. The summed E-state index contributed by atoms with van der Waals surface area (Å²) in [5, 5.41) is 2.30. The molecule has 0 aliphatic heterocycles. The molecular formula is C21H12O4. The summed E-state index contributed by atoms with van der Waals surface area (Å²) in [6.45, 7) is 0. The quantitative estimate of drug-likeness (QED) is 0.458. The molecule has 5 rings (SSSR count). The average molecular weight is 328 g/mol. The summed E-state index contributed by atoms with van der Waals surface area (Å²) >= 11 is 0. The number of benzene rings is 3. The number of carbonyl (C=O) groups is 2. The lowest BCUT2D eigenvalue weighted by molar-refractivity contribution is 0.0962. The van der Waals surface area contributed by atoms with E-state index in [2.05, 4.69) is 0 Å². The van der Waals surface area contributed by atoms with Crippen molar-refractivity contribution in [3.05, 3.63) is 77.0 Å². The average Bonchev–Trinajstić information content (AvgIpc) is 3.05. The van der Waals surface area contributed by atoms with Crippen LogP contribution in [0.5, 0.6) is 5.75 Å². The Balaban J connectivity index is 1.95. The molecule has 1 heterocycles. The fourth-order valence-electron chi connectivity index (χ4n) is 3.58. The van der Waals surface area contributed by atoms with Gasteiger partial charge in [-0.2, -0.15) is 0 Å². The third-order valence-electron chi connectivity index (χ3n) is 4.73. The van der Waals surface area contributed by atoms with Gasteiger partial charge in [0.05, 0.1) is 12.7 Å². The van der Waals surface area contributed by atoms with Gasteiger partial charge in [-0.1, -0.05) is 48.5 Å². The van der Waals surface area contributed by atoms with E-state index in [4.69, 9.17) is 9.15 Å². The maximum Gasteiger partial charge on any atom is 0.229 e. The highest BCUT2D eigenvalue weighted by molar-refractivity contribution is 6.32. The normalized spacial score (nSPS) is 13.2. The first-order valence-corrected chi connectivity index (χ1v) is 7.91. The zero-order chi connectivity index (χ0) is 17.1. The Kier molecular flexibility index (Phi) is 2.69. The van der Waals surface area contributed by atoms with E-state index < -0.39 is 0 Å². The number of carbonyl (C=O) groups excluding carboxylic acids is 2. The molecule has 0 amide bonds. The molecule has 0 fully saturated rings. The first-order chi connectivity index (χ1) is 12.2. The van der Waals surface area contributed by atoms with Gasteiger partial charge < -0.3 is 9.15 Å². The van der Waals surface area contributed by atoms with Gasteiger partial charge in [-0.05, 0) is 6.07 Å². The van der Waals surface area contributed by atoms with Gasteiger partial charge in [0, 0.05) is 27.3 Å². The second-order valence-electron chi connectivity index (χ2n) is 6.01. The molecule has 0 saturated heterocycles. The van der Waals surface area contributed by atoms with Crippen molar-refractivity contribution in [2.75, 3.05) is 7.11 Å². The zero-order valence-electron chi connectivity index (χ0n) is 13.3. The number of methoxy groups -OCH3 is 1. The molecule has 1 aromatic heterocycles. The summed E-state index contributed by atoms with van der Waals surface area (Å²) in [4.78, 5) is 25.8. The monoisotopic (exact) mass is 328 g/mol. The molecule has 4 heteroatoms. The van der Waals surface area contributed by atoms with Crippen molar-refractivity contribution in [3.63, 3.8) is 0 Å². The first-order valence-electron chi connectivity index (χ1n) is 7.91. The van der Waals surface area contributed by atoms with Crippen molar-refractivity contribution in [2.24, 2.45) is 0 Å².